The van der Waals surface area contributed by atoms with Crippen molar-refractivity contribution < 1.29 is 9.32 Å². The van der Waals surface area contributed by atoms with E-state index in [9.17, 15) is 4.79 Å². The number of thioether (sulfide) groups is 1. The number of hydrogen-bond acceptors (Lipinski definition) is 5. The second-order valence-corrected chi connectivity index (χ2v) is 6.70. The summed E-state index contributed by atoms with van der Waals surface area (Å²) in [5.41, 5.74) is 1.97. The summed E-state index contributed by atoms with van der Waals surface area (Å²) in [6, 6.07) is 17.2. The summed E-state index contributed by atoms with van der Waals surface area (Å²) < 4.78 is 5.16. The molecule has 5 nitrogen and oxygen atoms in total. The number of benzene rings is 2. The van der Waals surface area contributed by atoms with Gasteiger partial charge in [-0.15, -0.1) is 11.8 Å². The van der Waals surface area contributed by atoms with E-state index in [0.29, 0.717) is 22.5 Å². The van der Waals surface area contributed by atoms with Crippen molar-refractivity contribution in [2.24, 2.45) is 0 Å². The van der Waals surface area contributed by atoms with Gasteiger partial charge in [0.1, 0.15) is 0 Å². The molecule has 1 heterocycles. The molecule has 0 saturated carbocycles. The second-order valence-electron chi connectivity index (χ2n) is 5.28. The molecule has 0 aliphatic carbocycles. The smallest absolute Gasteiger partial charge is 0.246 e. The predicted octanol–water partition coefficient (Wildman–Crippen LogP) is 3.94. The number of amides is 1. The van der Waals surface area contributed by atoms with Gasteiger partial charge in [0.25, 0.3) is 0 Å². The normalized spacial score (nSPS) is 10.6. The van der Waals surface area contributed by atoms with Crippen LogP contribution >= 0.6 is 23.4 Å². The van der Waals surface area contributed by atoms with Gasteiger partial charge in [0.2, 0.25) is 17.6 Å². The summed E-state index contributed by atoms with van der Waals surface area (Å²) >= 11 is 7.46. The number of hydrogen-bond donors (Lipinski definition) is 1. The molecule has 1 aromatic heterocycles. The fourth-order valence-corrected chi connectivity index (χ4v) is 3.16. The van der Waals surface area contributed by atoms with Gasteiger partial charge in [0.15, 0.2) is 0 Å². The first-order valence-corrected chi connectivity index (χ1v) is 9.21. The van der Waals surface area contributed by atoms with Gasteiger partial charge in [0.05, 0.1) is 12.3 Å². The lowest BCUT2D eigenvalue weighted by Crippen LogP contribution is -2.24. The van der Waals surface area contributed by atoms with E-state index in [1.165, 1.54) is 11.8 Å². The molecule has 0 radical (unpaired) electrons. The Labute approximate surface area is 154 Å². The van der Waals surface area contributed by atoms with E-state index in [1.807, 2.05) is 54.6 Å². The molecule has 0 spiro atoms. The Morgan fingerprint density at radius 3 is 2.80 bits per heavy atom. The molecular weight excluding hydrogens is 358 g/mol. The monoisotopic (exact) mass is 373 g/mol. The molecule has 25 heavy (non-hydrogen) atoms. The molecule has 7 heteroatoms. The van der Waals surface area contributed by atoms with E-state index in [0.717, 1.165) is 16.9 Å². The van der Waals surface area contributed by atoms with Gasteiger partial charge in [0, 0.05) is 16.3 Å². The summed E-state index contributed by atoms with van der Waals surface area (Å²) in [7, 11) is 0. The molecule has 1 amide bonds. The fourth-order valence-electron chi connectivity index (χ4n) is 2.14. The van der Waals surface area contributed by atoms with Crippen molar-refractivity contribution >= 4 is 29.3 Å². The highest BCUT2D eigenvalue weighted by Crippen LogP contribution is 2.17. The third-order valence-corrected chi connectivity index (χ3v) is 4.57. The molecule has 0 atom stereocenters. The highest BCUT2D eigenvalue weighted by molar-refractivity contribution is 7.99. The molecule has 0 aliphatic heterocycles. The van der Waals surface area contributed by atoms with E-state index in [1.54, 1.807) is 0 Å². The zero-order chi connectivity index (χ0) is 17.5. The van der Waals surface area contributed by atoms with Crippen LogP contribution in [0.5, 0.6) is 0 Å². The molecule has 3 rings (SSSR count). The van der Waals surface area contributed by atoms with Crippen LogP contribution in [0.25, 0.3) is 11.4 Å². The molecule has 2 aromatic carbocycles. The van der Waals surface area contributed by atoms with Crippen LogP contribution in [-0.2, 0) is 17.1 Å². The maximum atomic E-state index is 11.9. The number of carbonyl (C=O) groups is 1. The van der Waals surface area contributed by atoms with E-state index >= 15 is 0 Å². The predicted molar refractivity (Wildman–Crippen MR) is 99.2 cm³/mol. The highest BCUT2D eigenvalue weighted by atomic mass is 35.5. The van der Waals surface area contributed by atoms with Gasteiger partial charge in [-0.3, -0.25) is 4.79 Å². The van der Waals surface area contributed by atoms with Crippen molar-refractivity contribution in [2.75, 3.05) is 5.75 Å². The van der Waals surface area contributed by atoms with Gasteiger partial charge in [-0.1, -0.05) is 59.2 Å². The summed E-state index contributed by atoms with van der Waals surface area (Å²) in [5.74, 6) is 1.90. The number of aromatic nitrogens is 2. The molecule has 0 fully saturated rings. The van der Waals surface area contributed by atoms with E-state index in [4.69, 9.17) is 16.1 Å². The van der Waals surface area contributed by atoms with Crippen molar-refractivity contribution in [1.29, 1.82) is 0 Å². The van der Waals surface area contributed by atoms with Crippen LogP contribution in [0, 0.1) is 0 Å². The number of nitrogens with zero attached hydrogens (tertiary/aromatic N) is 2. The lowest BCUT2D eigenvalue weighted by atomic mass is 10.2. The van der Waals surface area contributed by atoms with Gasteiger partial charge in [-0.05, 0) is 17.7 Å². The summed E-state index contributed by atoms with van der Waals surface area (Å²) in [6.45, 7) is 0.219. The van der Waals surface area contributed by atoms with Gasteiger partial charge in [-0.25, -0.2) is 0 Å². The largest absolute Gasteiger partial charge is 0.346 e. The first-order chi connectivity index (χ1) is 12.2. The van der Waals surface area contributed by atoms with Crippen molar-refractivity contribution in [3.8, 4) is 11.4 Å². The Hall–Kier alpha value is -2.31. The second kappa shape index (κ2) is 8.69. The first kappa shape index (κ1) is 17.5. The Balaban J connectivity index is 1.43. The Kier molecular flexibility index (Phi) is 6.09. The quantitative estimate of drug-likeness (QED) is 0.679. The highest BCUT2D eigenvalue weighted by Gasteiger charge is 2.09. The lowest BCUT2D eigenvalue weighted by molar-refractivity contribution is -0.118. The zero-order valence-electron chi connectivity index (χ0n) is 13.3. The molecule has 1 N–H and O–H groups in total. The van der Waals surface area contributed by atoms with E-state index < -0.39 is 0 Å². The van der Waals surface area contributed by atoms with Crippen molar-refractivity contribution in [2.45, 2.75) is 12.3 Å². The number of halogens is 1. The van der Waals surface area contributed by atoms with Gasteiger partial charge >= 0.3 is 0 Å². The number of rotatable bonds is 7. The Morgan fingerprint density at radius 1 is 1.16 bits per heavy atom. The van der Waals surface area contributed by atoms with Crippen molar-refractivity contribution in [1.82, 2.24) is 15.5 Å². The van der Waals surface area contributed by atoms with Crippen LogP contribution in [0.15, 0.2) is 59.1 Å². The maximum Gasteiger partial charge on any atom is 0.246 e. The third kappa shape index (κ3) is 5.34. The molecule has 3 aromatic rings. The number of nitrogens with one attached hydrogen (secondary N) is 1. The summed E-state index contributed by atoms with van der Waals surface area (Å²) in [4.78, 5) is 16.2. The zero-order valence-corrected chi connectivity index (χ0v) is 14.9. The Morgan fingerprint density at radius 2 is 2.00 bits per heavy atom. The van der Waals surface area contributed by atoms with Crippen LogP contribution in [-0.4, -0.2) is 21.8 Å². The van der Waals surface area contributed by atoms with Crippen molar-refractivity contribution in [3.63, 3.8) is 0 Å². The number of carbonyl (C=O) groups excluding carboxylic acids is 1. The van der Waals surface area contributed by atoms with Crippen LogP contribution in [0.1, 0.15) is 11.5 Å². The van der Waals surface area contributed by atoms with Crippen LogP contribution in [0.3, 0.4) is 0 Å². The van der Waals surface area contributed by atoms with Crippen LogP contribution in [0.2, 0.25) is 5.02 Å². The summed E-state index contributed by atoms with van der Waals surface area (Å²) in [6.07, 6.45) is 0. The molecule has 128 valence electrons. The van der Waals surface area contributed by atoms with Crippen molar-refractivity contribution in [3.05, 3.63) is 71.1 Å². The van der Waals surface area contributed by atoms with E-state index in [2.05, 4.69) is 15.5 Å². The lowest BCUT2D eigenvalue weighted by Gasteiger charge is -2.03. The molecule has 0 unspecified atom stereocenters. The average molecular weight is 374 g/mol. The average Bonchev–Trinajstić information content (AvgIpc) is 3.10. The third-order valence-electron chi connectivity index (χ3n) is 3.33. The van der Waals surface area contributed by atoms with E-state index in [-0.39, 0.29) is 12.5 Å². The molecule has 0 aliphatic rings. The molecule has 0 saturated heterocycles. The summed E-state index contributed by atoms with van der Waals surface area (Å²) in [5, 5.41) is 7.40. The maximum absolute atomic E-state index is 11.9. The topological polar surface area (TPSA) is 68.0 Å². The molecule has 0 bridgehead atoms. The van der Waals surface area contributed by atoms with Crippen LogP contribution < -0.4 is 5.32 Å². The first-order valence-electron chi connectivity index (χ1n) is 7.67. The minimum absolute atomic E-state index is 0.0773. The molecular formula is C18H16ClN3O2S. The SMILES string of the molecule is O=C(CSCc1cccc(Cl)c1)NCc1nc(-c2ccccc2)no1. The van der Waals surface area contributed by atoms with Gasteiger partial charge in [-0.2, -0.15) is 4.98 Å². The Bertz CT molecular complexity index is 839. The van der Waals surface area contributed by atoms with Crippen LogP contribution in [0.4, 0.5) is 0 Å². The standard InChI is InChI=1S/C18H16ClN3O2S/c19-15-8-4-5-13(9-15)11-25-12-16(23)20-10-17-21-18(22-24-17)14-6-2-1-3-7-14/h1-9H,10-12H2,(H,20,23). The van der Waals surface area contributed by atoms with Gasteiger partial charge < -0.3 is 9.84 Å². The minimum atomic E-state index is -0.0773. The minimum Gasteiger partial charge on any atom is -0.346 e. The fraction of sp³-hybridized carbons (Fsp3) is 0.167.